The van der Waals surface area contributed by atoms with Crippen LogP contribution in [0, 0.1) is 5.92 Å². The summed E-state index contributed by atoms with van der Waals surface area (Å²) >= 11 is 0. The summed E-state index contributed by atoms with van der Waals surface area (Å²) in [5.41, 5.74) is 2.11. The van der Waals surface area contributed by atoms with Crippen molar-refractivity contribution in [1.82, 2.24) is 0 Å². The van der Waals surface area contributed by atoms with Gasteiger partial charge in [-0.1, -0.05) is 6.08 Å². The van der Waals surface area contributed by atoms with Gasteiger partial charge in [0.25, 0.3) is 0 Å². The zero-order chi connectivity index (χ0) is 12.5. The van der Waals surface area contributed by atoms with E-state index in [0.29, 0.717) is 0 Å². The van der Waals surface area contributed by atoms with Crippen LogP contribution in [0.5, 0.6) is 0 Å². The second-order valence-corrected chi connectivity index (χ2v) is 4.49. The molecule has 2 aliphatic rings. The van der Waals surface area contributed by atoms with E-state index in [1.54, 1.807) is 6.08 Å². The Morgan fingerprint density at radius 2 is 2.00 bits per heavy atom. The summed E-state index contributed by atoms with van der Waals surface area (Å²) in [4.78, 5) is 11.5. The number of carboxylic acids is 1. The molecule has 2 rings (SSSR count). The van der Waals surface area contributed by atoms with Gasteiger partial charge in [-0.25, -0.2) is 0 Å². The molecule has 1 N–H and O–H groups in total. The Hall–Kier alpha value is -1.13. The molecule has 0 unspecified atom stereocenters. The van der Waals surface area contributed by atoms with Crippen LogP contribution >= 0.6 is 0 Å². The van der Waals surface area contributed by atoms with Crippen molar-refractivity contribution in [2.24, 2.45) is 5.92 Å². The fourth-order valence-electron chi connectivity index (χ4n) is 2.80. The van der Waals surface area contributed by atoms with Gasteiger partial charge in [0.1, 0.15) is 5.92 Å². The predicted octanol–water partition coefficient (Wildman–Crippen LogP) is 2.12. The summed E-state index contributed by atoms with van der Waals surface area (Å²) in [6, 6.07) is 0. The van der Waals surface area contributed by atoms with Gasteiger partial charge in [0.05, 0.1) is 0 Å². The lowest BCUT2D eigenvalue weighted by Gasteiger charge is -2.39. The first-order chi connectivity index (χ1) is 8.14. The summed E-state index contributed by atoms with van der Waals surface area (Å²) in [6.45, 7) is 0. The highest BCUT2D eigenvalue weighted by molar-refractivity contribution is 5.77. The molecule has 4 nitrogen and oxygen atoms in total. The van der Waals surface area contributed by atoms with E-state index in [1.807, 2.05) is 6.08 Å². The number of hydrogen-bond donors (Lipinski definition) is 1. The van der Waals surface area contributed by atoms with Crippen molar-refractivity contribution in [2.45, 2.75) is 31.5 Å². The highest BCUT2D eigenvalue weighted by Crippen LogP contribution is 2.42. The summed E-state index contributed by atoms with van der Waals surface area (Å²) in [5, 5.41) is 9.45. The van der Waals surface area contributed by atoms with E-state index < -0.39 is 17.7 Å². The van der Waals surface area contributed by atoms with E-state index in [9.17, 15) is 9.90 Å². The Bertz CT molecular complexity index is 377. The van der Waals surface area contributed by atoms with Crippen LogP contribution in [0.2, 0.25) is 0 Å². The molecule has 0 radical (unpaired) electrons. The molecule has 94 valence electrons. The minimum absolute atomic E-state index is 0.724. The smallest absolute Gasteiger partial charge is 0.316 e. The van der Waals surface area contributed by atoms with Crippen LogP contribution in [-0.2, 0) is 14.3 Å². The molecule has 0 heterocycles. The van der Waals surface area contributed by atoms with E-state index in [2.05, 4.69) is 0 Å². The first-order valence-corrected chi connectivity index (χ1v) is 5.89. The number of carbonyl (C=O) groups is 1. The van der Waals surface area contributed by atoms with E-state index >= 15 is 0 Å². The van der Waals surface area contributed by atoms with Gasteiger partial charge in [0.2, 0.25) is 5.79 Å². The molecule has 17 heavy (non-hydrogen) atoms. The quantitative estimate of drug-likeness (QED) is 0.765. The zero-order valence-corrected chi connectivity index (χ0v) is 10.2. The maximum absolute atomic E-state index is 11.5. The van der Waals surface area contributed by atoms with Crippen LogP contribution in [0.15, 0.2) is 23.3 Å². The van der Waals surface area contributed by atoms with Crippen molar-refractivity contribution >= 4 is 5.97 Å². The molecule has 0 bridgehead atoms. The molecule has 0 spiro atoms. The van der Waals surface area contributed by atoms with Gasteiger partial charge in [-0.05, 0) is 42.9 Å². The molecule has 4 heteroatoms. The average Bonchev–Trinajstić information content (AvgIpc) is 2.37. The average molecular weight is 238 g/mol. The van der Waals surface area contributed by atoms with Gasteiger partial charge >= 0.3 is 5.97 Å². The number of hydrogen-bond acceptors (Lipinski definition) is 3. The summed E-state index contributed by atoms with van der Waals surface area (Å²) in [5.74, 6) is -2.76. The number of aliphatic carboxylic acids is 1. The van der Waals surface area contributed by atoms with Crippen molar-refractivity contribution in [3.8, 4) is 0 Å². The highest BCUT2D eigenvalue weighted by Gasteiger charge is 2.47. The van der Waals surface area contributed by atoms with Crippen molar-refractivity contribution in [3.63, 3.8) is 0 Å². The van der Waals surface area contributed by atoms with E-state index in [1.165, 1.54) is 14.2 Å². The van der Waals surface area contributed by atoms with Gasteiger partial charge in [-0.15, -0.1) is 0 Å². The molecule has 0 fully saturated rings. The third kappa shape index (κ3) is 1.91. The van der Waals surface area contributed by atoms with E-state index in [0.717, 1.165) is 36.8 Å². The predicted molar refractivity (Wildman–Crippen MR) is 62.5 cm³/mol. The fraction of sp³-hybridized carbons (Fsp3) is 0.615. The normalized spacial score (nSPS) is 26.8. The van der Waals surface area contributed by atoms with Crippen LogP contribution < -0.4 is 0 Å². The number of ether oxygens (including phenoxy) is 2. The van der Waals surface area contributed by atoms with Gasteiger partial charge < -0.3 is 14.6 Å². The maximum atomic E-state index is 11.5. The molecule has 0 saturated heterocycles. The van der Waals surface area contributed by atoms with Crippen LogP contribution in [0.4, 0.5) is 0 Å². The SMILES string of the molecule is COC1(OC)C=CC2=C(CCCC2)[C@@H]1C(=O)O. The van der Waals surface area contributed by atoms with Crippen LogP contribution in [-0.4, -0.2) is 31.1 Å². The lowest BCUT2D eigenvalue weighted by Crippen LogP contribution is -2.47. The summed E-state index contributed by atoms with van der Waals surface area (Å²) < 4.78 is 10.7. The number of carboxylic acid groups (broad SMARTS) is 1. The second-order valence-electron chi connectivity index (χ2n) is 4.49. The van der Waals surface area contributed by atoms with Crippen molar-refractivity contribution in [1.29, 1.82) is 0 Å². The fourth-order valence-corrected chi connectivity index (χ4v) is 2.80. The second kappa shape index (κ2) is 4.63. The lowest BCUT2D eigenvalue weighted by atomic mass is 9.76. The van der Waals surface area contributed by atoms with Crippen molar-refractivity contribution in [3.05, 3.63) is 23.3 Å². The highest BCUT2D eigenvalue weighted by atomic mass is 16.7. The standard InChI is InChI=1S/C13H18O4/c1-16-13(17-2)8-7-9-5-3-4-6-10(9)11(13)12(14)15/h7-8,11H,3-6H2,1-2H3,(H,14,15)/t11-/m1/s1. The van der Waals surface area contributed by atoms with E-state index in [4.69, 9.17) is 9.47 Å². The van der Waals surface area contributed by atoms with Gasteiger partial charge in [0, 0.05) is 14.2 Å². The Kier molecular flexibility index (Phi) is 3.35. The molecule has 1 atom stereocenters. The molecular formula is C13H18O4. The molecule has 0 aromatic heterocycles. The molecule has 2 aliphatic carbocycles. The zero-order valence-electron chi connectivity index (χ0n) is 10.2. The third-order valence-electron chi connectivity index (χ3n) is 3.71. The molecule has 0 aliphatic heterocycles. The van der Waals surface area contributed by atoms with Gasteiger partial charge in [-0.2, -0.15) is 0 Å². The minimum atomic E-state index is -1.15. The van der Waals surface area contributed by atoms with Crippen LogP contribution in [0.25, 0.3) is 0 Å². The maximum Gasteiger partial charge on any atom is 0.316 e. The van der Waals surface area contributed by atoms with E-state index in [-0.39, 0.29) is 0 Å². The molecule has 0 aromatic carbocycles. The Labute approximate surface area is 101 Å². The number of rotatable bonds is 3. The van der Waals surface area contributed by atoms with Crippen LogP contribution in [0.3, 0.4) is 0 Å². The first-order valence-electron chi connectivity index (χ1n) is 5.89. The monoisotopic (exact) mass is 238 g/mol. The Balaban J connectivity index is 2.45. The number of allylic oxidation sites excluding steroid dienone is 2. The Morgan fingerprint density at radius 3 is 2.59 bits per heavy atom. The molecule has 0 aromatic rings. The van der Waals surface area contributed by atoms with Crippen LogP contribution in [0.1, 0.15) is 25.7 Å². The van der Waals surface area contributed by atoms with Gasteiger partial charge in [0.15, 0.2) is 0 Å². The third-order valence-corrected chi connectivity index (χ3v) is 3.71. The largest absolute Gasteiger partial charge is 0.481 e. The molecule has 0 amide bonds. The van der Waals surface area contributed by atoms with Gasteiger partial charge in [-0.3, -0.25) is 4.79 Å². The van der Waals surface area contributed by atoms with Crippen molar-refractivity contribution in [2.75, 3.05) is 14.2 Å². The molecule has 0 saturated carbocycles. The summed E-state index contributed by atoms with van der Waals surface area (Å²) in [6.07, 6.45) is 7.64. The number of methoxy groups -OCH3 is 2. The minimum Gasteiger partial charge on any atom is -0.481 e. The van der Waals surface area contributed by atoms with Crippen molar-refractivity contribution < 1.29 is 19.4 Å². The Morgan fingerprint density at radius 1 is 1.35 bits per heavy atom. The first kappa shape index (κ1) is 12.3. The topological polar surface area (TPSA) is 55.8 Å². The molecular weight excluding hydrogens is 220 g/mol. The lowest BCUT2D eigenvalue weighted by molar-refractivity contribution is -0.207. The summed E-state index contributed by atoms with van der Waals surface area (Å²) in [7, 11) is 2.97.